The molecular weight excluding hydrogens is 104 g/mol. The molecule has 0 rings (SSSR count). The molecule has 0 aromatic heterocycles. The Bertz CT molecular complexity index is 105. The van der Waals surface area contributed by atoms with Gasteiger partial charge in [0.2, 0.25) is 5.96 Å². The summed E-state index contributed by atoms with van der Waals surface area (Å²) in [5.41, 5.74) is 4.90. The van der Waals surface area contributed by atoms with Crippen LogP contribution in [-0.2, 0) is 0 Å². The van der Waals surface area contributed by atoms with Gasteiger partial charge in [-0.25, -0.2) is 4.99 Å². The number of nitrogens with zero attached hydrogens (tertiary/aromatic N) is 2. The second kappa shape index (κ2) is 3.01. The highest BCUT2D eigenvalue weighted by Crippen LogP contribution is 1.65. The molecule has 46 valence electrons. The highest BCUT2D eigenvalue weighted by Gasteiger charge is 1.77. The first kappa shape index (κ1) is 6.94. The number of guanidine groups is 1. The van der Waals surface area contributed by atoms with Gasteiger partial charge in [0, 0.05) is 14.1 Å². The molecule has 0 aliphatic rings. The summed E-state index contributed by atoms with van der Waals surface area (Å²) < 4.78 is 0. The standard InChI is InChI=1S/C4H10N4/c1-8(2)3-7-4(5)6/h3H,1-2H3,(H3,5,6). The van der Waals surface area contributed by atoms with Gasteiger partial charge < -0.3 is 10.6 Å². The normalized spacial score (nSPS) is 9.75. The predicted molar refractivity (Wildman–Crippen MR) is 34.1 cm³/mol. The minimum atomic E-state index is -0.168. The third kappa shape index (κ3) is 4.94. The summed E-state index contributed by atoms with van der Waals surface area (Å²) in [4.78, 5) is 5.20. The van der Waals surface area contributed by atoms with Crippen LogP contribution in [0.2, 0.25) is 0 Å². The van der Waals surface area contributed by atoms with Crippen LogP contribution >= 0.6 is 0 Å². The second-order valence-electron chi connectivity index (χ2n) is 1.59. The van der Waals surface area contributed by atoms with Gasteiger partial charge in [0.05, 0.1) is 6.34 Å². The summed E-state index contributed by atoms with van der Waals surface area (Å²) in [7, 11) is 3.62. The number of hydrogen-bond acceptors (Lipinski definition) is 1. The molecule has 0 fully saturated rings. The van der Waals surface area contributed by atoms with Crippen molar-refractivity contribution in [1.82, 2.24) is 4.90 Å². The lowest BCUT2D eigenvalue weighted by Crippen LogP contribution is -2.13. The molecule has 0 aromatic rings. The number of hydrogen-bond donors (Lipinski definition) is 2. The molecule has 0 bridgehead atoms. The van der Waals surface area contributed by atoms with Crippen LogP contribution in [0.3, 0.4) is 0 Å². The zero-order chi connectivity index (χ0) is 6.57. The fourth-order valence-electron chi connectivity index (χ4n) is 0.178. The van der Waals surface area contributed by atoms with Gasteiger partial charge in [-0.2, -0.15) is 0 Å². The van der Waals surface area contributed by atoms with Crippen molar-refractivity contribution in [2.45, 2.75) is 0 Å². The monoisotopic (exact) mass is 114 g/mol. The maximum absolute atomic E-state index is 6.64. The lowest BCUT2D eigenvalue weighted by molar-refractivity contribution is 0.643. The number of aliphatic imine (C=N–C) groups is 1. The van der Waals surface area contributed by atoms with E-state index in [2.05, 4.69) is 4.99 Å². The van der Waals surface area contributed by atoms with E-state index in [9.17, 15) is 0 Å². The van der Waals surface area contributed by atoms with Crippen LogP contribution in [0.5, 0.6) is 0 Å². The van der Waals surface area contributed by atoms with Gasteiger partial charge in [-0.3, -0.25) is 5.41 Å². The van der Waals surface area contributed by atoms with Crippen LogP contribution in [0.15, 0.2) is 4.99 Å². The molecule has 0 heterocycles. The van der Waals surface area contributed by atoms with Gasteiger partial charge in [-0.1, -0.05) is 0 Å². The average molecular weight is 114 g/mol. The summed E-state index contributed by atoms with van der Waals surface area (Å²) >= 11 is 0. The van der Waals surface area contributed by atoms with E-state index in [0.717, 1.165) is 0 Å². The third-order valence-electron chi connectivity index (χ3n) is 0.428. The van der Waals surface area contributed by atoms with Crippen LogP contribution in [0.25, 0.3) is 0 Å². The minimum absolute atomic E-state index is 0.168. The zero-order valence-corrected chi connectivity index (χ0v) is 5.05. The molecule has 0 spiro atoms. The van der Waals surface area contributed by atoms with Crippen molar-refractivity contribution < 1.29 is 0 Å². The molecular formula is C4H10N4. The molecule has 0 aromatic carbocycles. The molecule has 0 atom stereocenters. The molecule has 0 aliphatic carbocycles. The molecule has 0 unspecified atom stereocenters. The smallest absolute Gasteiger partial charge is 0.213 e. The fourth-order valence-corrected chi connectivity index (χ4v) is 0.178. The first-order valence-electron chi connectivity index (χ1n) is 2.17. The van der Waals surface area contributed by atoms with Gasteiger partial charge >= 0.3 is 0 Å². The molecule has 4 heteroatoms. The Balaban J connectivity index is 3.50. The summed E-state index contributed by atoms with van der Waals surface area (Å²) in [6.45, 7) is 0. The Labute approximate surface area is 48.5 Å². The maximum Gasteiger partial charge on any atom is 0.213 e. The molecule has 4 nitrogen and oxygen atoms in total. The Morgan fingerprint density at radius 2 is 2.25 bits per heavy atom. The highest BCUT2D eigenvalue weighted by molar-refractivity contribution is 5.83. The molecule has 8 heavy (non-hydrogen) atoms. The number of nitrogens with two attached hydrogens (primary N) is 1. The minimum Gasteiger partial charge on any atom is -0.369 e. The first-order chi connectivity index (χ1) is 3.63. The molecule has 3 N–H and O–H groups in total. The van der Waals surface area contributed by atoms with E-state index in [-0.39, 0.29) is 5.96 Å². The Morgan fingerprint density at radius 1 is 1.75 bits per heavy atom. The zero-order valence-electron chi connectivity index (χ0n) is 5.05. The molecule has 0 saturated heterocycles. The molecule has 0 aliphatic heterocycles. The largest absolute Gasteiger partial charge is 0.369 e. The van der Waals surface area contributed by atoms with E-state index in [1.165, 1.54) is 6.34 Å². The lowest BCUT2D eigenvalue weighted by atomic mass is 10.9. The van der Waals surface area contributed by atoms with Gasteiger partial charge in [-0.05, 0) is 0 Å². The van der Waals surface area contributed by atoms with Crippen LogP contribution in [0, 0.1) is 5.41 Å². The van der Waals surface area contributed by atoms with Crippen LogP contribution in [-0.4, -0.2) is 31.3 Å². The molecule has 0 amide bonds. The van der Waals surface area contributed by atoms with Crippen LogP contribution in [0.1, 0.15) is 0 Å². The van der Waals surface area contributed by atoms with E-state index in [1.807, 2.05) is 14.1 Å². The SMILES string of the molecule is CN(C)C=NC(=N)N. The van der Waals surface area contributed by atoms with Gasteiger partial charge in [-0.15, -0.1) is 0 Å². The Morgan fingerprint density at radius 3 is 2.38 bits per heavy atom. The quantitative estimate of drug-likeness (QED) is 0.355. The van der Waals surface area contributed by atoms with Crippen molar-refractivity contribution >= 4 is 12.3 Å². The maximum atomic E-state index is 6.64. The summed E-state index contributed by atoms with van der Waals surface area (Å²) in [6.07, 6.45) is 1.47. The first-order valence-corrected chi connectivity index (χ1v) is 2.17. The number of rotatable bonds is 1. The molecule has 0 saturated carbocycles. The summed E-state index contributed by atoms with van der Waals surface area (Å²) in [5, 5.41) is 6.64. The lowest BCUT2D eigenvalue weighted by Gasteiger charge is -1.99. The summed E-state index contributed by atoms with van der Waals surface area (Å²) in [5.74, 6) is -0.168. The van der Waals surface area contributed by atoms with Crippen molar-refractivity contribution in [2.75, 3.05) is 14.1 Å². The van der Waals surface area contributed by atoms with Crippen molar-refractivity contribution in [3.05, 3.63) is 0 Å². The van der Waals surface area contributed by atoms with Gasteiger partial charge in [0.15, 0.2) is 0 Å². The van der Waals surface area contributed by atoms with Crippen molar-refractivity contribution in [1.29, 1.82) is 5.41 Å². The average Bonchev–Trinajstić information content (AvgIpc) is 1.61. The van der Waals surface area contributed by atoms with E-state index in [0.29, 0.717) is 0 Å². The Kier molecular flexibility index (Phi) is 2.61. The third-order valence-corrected chi connectivity index (χ3v) is 0.428. The van der Waals surface area contributed by atoms with E-state index in [1.54, 1.807) is 4.90 Å². The van der Waals surface area contributed by atoms with Gasteiger partial charge in [0.25, 0.3) is 0 Å². The molecule has 0 radical (unpaired) electrons. The van der Waals surface area contributed by atoms with Crippen molar-refractivity contribution in [2.24, 2.45) is 10.7 Å². The Hall–Kier alpha value is -1.06. The van der Waals surface area contributed by atoms with Crippen molar-refractivity contribution in [3.63, 3.8) is 0 Å². The highest BCUT2D eigenvalue weighted by atomic mass is 15.1. The van der Waals surface area contributed by atoms with Crippen LogP contribution < -0.4 is 5.73 Å². The topological polar surface area (TPSA) is 65.5 Å². The van der Waals surface area contributed by atoms with E-state index < -0.39 is 0 Å². The van der Waals surface area contributed by atoms with Crippen molar-refractivity contribution in [3.8, 4) is 0 Å². The fraction of sp³-hybridized carbons (Fsp3) is 0.500. The van der Waals surface area contributed by atoms with E-state index in [4.69, 9.17) is 11.1 Å². The number of nitrogens with one attached hydrogen (secondary N) is 1. The summed E-state index contributed by atoms with van der Waals surface area (Å²) in [6, 6.07) is 0. The van der Waals surface area contributed by atoms with Crippen LogP contribution in [0.4, 0.5) is 0 Å². The second-order valence-corrected chi connectivity index (χ2v) is 1.59. The van der Waals surface area contributed by atoms with Gasteiger partial charge in [0.1, 0.15) is 0 Å². The predicted octanol–water partition coefficient (Wildman–Crippen LogP) is -0.530. The van der Waals surface area contributed by atoms with E-state index >= 15 is 0 Å².